The lowest BCUT2D eigenvalue weighted by Crippen LogP contribution is -2.33. The normalized spacial score (nSPS) is 15.8. The lowest BCUT2D eigenvalue weighted by molar-refractivity contribution is 0.539. The molecule has 2 aliphatic rings. The number of benzene rings is 1. The monoisotopic (exact) mass is 415 g/mol. The highest BCUT2D eigenvalue weighted by atomic mass is 19.1. The van der Waals surface area contributed by atoms with Gasteiger partial charge in [-0.25, -0.2) is 19.0 Å². The Balaban J connectivity index is 1.36. The summed E-state index contributed by atoms with van der Waals surface area (Å²) in [5, 5.41) is 5.34. The molecule has 1 aromatic carbocycles. The maximum Gasteiger partial charge on any atom is 0.140 e. The molecule has 6 rings (SSSR count). The molecule has 156 valence electrons. The molecule has 0 radical (unpaired) electrons. The van der Waals surface area contributed by atoms with E-state index >= 15 is 0 Å². The first-order chi connectivity index (χ1) is 15.2. The molecule has 0 amide bonds. The molecule has 0 aliphatic carbocycles. The van der Waals surface area contributed by atoms with Gasteiger partial charge in [-0.05, 0) is 43.2 Å². The van der Waals surface area contributed by atoms with Gasteiger partial charge in [0.1, 0.15) is 23.8 Å². The molecule has 31 heavy (non-hydrogen) atoms. The van der Waals surface area contributed by atoms with Crippen molar-refractivity contribution in [3.8, 4) is 0 Å². The van der Waals surface area contributed by atoms with Crippen LogP contribution in [0.3, 0.4) is 0 Å². The van der Waals surface area contributed by atoms with Gasteiger partial charge in [0.25, 0.3) is 0 Å². The van der Waals surface area contributed by atoms with Crippen LogP contribution in [0.25, 0.3) is 10.9 Å². The van der Waals surface area contributed by atoms with E-state index in [4.69, 9.17) is 4.98 Å². The van der Waals surface area contributed by atoms with E-state index in [1.54, 1.807) is 12.4 Å². The Morgan fingerprint density at radius 3 is 2.87 bits per heavy atom. The Labute approximate surface area is 179 Å². The number of aryl methyl sites for hydroxylation is 2. The second-order valence-electron chi connectivity index (χ2n) is 8.20. The highest BCUT2D eigenvalue weighted by Gasteiger charge is 2.24. The minimum absolute atomic E-state index is 0.276. The van der Waals surface area contributed by atoms with Crippen LogP contribution < -0.4 is 9.80 Å². The predicted octanol–water partition coefficient (Wildman–Crippen LogP) is 3.77. The summed E-state index contributed by atoms with van der Waals surface area (Å²) in [5.74, 6) is 1.62. The largest absolute Gasteiger partial charge is 0.351 e. The summed E-state index contributed by atoms with van der Waals surface area (Å²) in [6, 6.07) is 9.02. The smallest absolute Gasteiger partial charge is 0.140 e. The summed E-state index contributed by atoms with van der Waals surface area (Å²) < 4.78 is 16.0. The number of pyridine rings is 1. The highest BCUT2D eigenvalue weighted by Crippen LogP contribution is 2.33. The third kappa shape index (κ3) is 3.10. The van der Waals surface area contributed by atoms with Crippen LogP contribution in [0.15, 0.2) is 42.9 Å². The van der Waals surface area contributed by atoms with Gasteiger partial charge >= 0.3 is 0 Å². The molecule has 0 bridgehead atoms. The molecule has 0 fully saturated rings. The van der Waals surface area contributed by atoms with E-state index in [1.165, 1.54) is 17.7 Å². The van der Waals surface area contributed by atoms with E-state index in [0.717, 1.165) is 72.1 Å². The molecule has 5 heterocycles. The molecule has 3 aromatic heterocycles. The van der Waals surface area contributed by atoms with Crippen molar-refractivity contribution in [3.05, 3.63) is 65.6 Å². The minimum Gasteiger partial charge on any atom is -0.351 e. The zero-order valence-corrected chi connectivity index (χ0v) is 17.3. The second-order valence-corrected chi connectivity index (χ2v) is 8.20. The van der Waals surface area contributed by atoms with Crippen molar-refractivity contribution < 1.29 is 4.39 Å². The molecule has 0 spiro atoms. The molecule has 2 aliphatic heterocycles. The summed E-state index contributed by atoms with van der Waals surface area (Å²) in [6.45, 7) is 5.40. The summed E-state index contributed by atoms with van der Waals surface area (Å²) in [4.78, 5) is 18.1. The lowest BCUT2D eigenvalue weighted by Gasteiger charge is -2.32. The van der Waals surface area contributed by atoms with E-state index < -0.39 is 0 Å². The van der Waals surface area contributed by atoms with E-state index in [-0.39, 0.29) is 5.82 Å². The van der Waals surface area contributed by atoms with Crippen molar-refractivity contribution in [2.45, 2.75) is 32.9 Å². The fourth-order valence-corrected chi connectivity index (χ4v) is 4.68. The maximum atomic E-state index is 13.9. The third-order valence-electron chi connectivity index (χ3n) is 6.12. The Kier molecular flexibility index (Phi) is 4.12. The zero-order chi connectivity index (χ0) is 20.9. The van der Waals surface area contributed by atoms with Crippen LogP contribution in [0.2, 0.25) is 0 Å². The van der Waals surface area contributed by atoms with Crippen LogP contribution >= 0.6 is 0 Å². The Morgan fingerprint density at radius 1 is 1.00 bits per heavy atom. The van der Waals surface area contributed by atoms with Gasteiger partial charge in [-0.1, -0.05) is 0 Å². The number of hydrogen-bond donors (Lipinski definition) is 0. The Morgan fingerprint density at radius 2 is 1.94 bits per heavy atom. The first-order valence-corrected chi connectivity index (χ1v) is 10.6. The molecular weight excluding hydrogens is 393 g/mol. The van der Waals surface area contributed by atoms with Crippen LogP contribution in [0.1, 0.15) is 23.4 Å². The van der Waals surface area contributed by atoms with Crippen LogP contribution in [0.5, 0.6) is 0 Å². The number of fused-ring (bicyclic) bond motifs is 3. The maximum absolute atomic E-state index is 13.9. The Bertz CT molecular complexity index is 1300. The van der Waals surface area contributed by atoms with Crippen LogP contribution in [0, 0.1) is 12.7 Å². The molecular formula is C23H22FN7. The van der Waals surface area contributed by atoms with Gasteiger partial charge < -0.3 is 9.80 Å². The van der Waals surface area contributed by atoms with E-state index in [1.807, 2.05) is 13.1 Å². The SMILES string of the molecule is Cc1cc2n(n1)CCCN2c1cnc2c(c1)CN(c1ncnc3ccc(F)cc13)CC2. The summed E-state index contributed by atoms with van der Waals surface area (Å²) in [5.41, 5.74) is 5.16. The third-order valence-corrected chi connectivity index (χ3v) is 6.12. The topological polar surface area (TPSA) is 63.0 Å². The van der Waals surface area contributed by atoms with E-state index in [9.17, 15) is 4.39 Å². The number of hydrogen-bond acceptors (Lipinski definition) is 6. The van der Waals surface area contributed by atoms with Crippen LogP contribution in [0.4, 0.5) is 21.7 Å². The molecule has 0 unspecified atom stereocenters. The van der Waals surface area contributed by atoms with E-state index in [0.29, 0.717) is 6.54 Å². The number of rotatable bonds is 2. The highest BCUT2D eigenvalue weighted by molar-refractivity contribution is 5.89. The van der Waals surface area contributed by atoms with Crippen molar-refractivity contribution in [1.82, 2.24) is 24.7 Å². The van der Waals surface area contributed by atoms with Crippen molar-refractivity contribution in [1.29, 1.82) is 0 Å². The lowest BCUT2D eigenvalue weighted by atomic mass is 10.0. The molecule has 0 atom stereocenters. The number of nitrogens with zero attached hydrogens (tertiary/aromatic N) is 7. The number of aromatic nitrogens is 5. The summed E-state index contributed by atoms with van der Waals surface area (Å²) in [7, 11) is 0. The Hall–Kier alpha value is -3.55. The molecule has 7 nitrogen and oxygen atoms in total. The van der Waals surface area contributed by atoms with Crippen LogP contribution in [-0.2, 0) is 19.5 Å². The van der Waals surface area contributed by atoms with E-state index in [2.05, 4.69) is 41.7 Å². The molecule has 0 saturated carbocycles. The molecule has 8 heteroatoms. The average molecular weight is 415 g/mol. The van der Waals surface area contributed by atoms with Gasteiger partial charge in [0, 0.05) is 49.7 Å². The fraction of sp³-hybridized carbons (Fsp3) is 0.304. The average Bonchev–Trinajstić information content (AvgIpc) is 3.18. The van der Waals surface area contributed by atoms with Crippen molar-refractivity contribution in [2.75, 3.05) is 22.9 Å². The molecule has 0 N–H and O–H groups in total. The van der Waals surface area contributed by atoms with Gasteiger partial charge in [0.15, 0.2) is 0 Å². The first kappa shape index (κ1) is 18.2. The van der Waals surface area contributed by atoms with Gasteiger partial charge in [-0.3, -0.25) is 4.98 Å². The number of anilines is 3. The number of halogens is 1. The van der Waals surface area contributed by atoms with Crippen molar-refractivity contribution in [2.24, 2.45) is 0 Å². The minimum atomic E-state index is -0.276. The zero-order valence-electron chi connectivity index (χ0n) is 17.3. The quantitative estimate of drug-likeness (QED) is 0.497. The molecule has 4 aromatic rings. The van der Waals surface area contributed by atoms with Crippen LogP contribution in [-0.4, -0.2) is 37.8 Å². The molecule has 0 saturated heterocycles. The van der Waals surface area contributed by atoms with Gasteiger partial charge in [0.05, 0.1) is 23.1 Å². The predicted molar refractivity (Wildman–Crippen MR) is 117 cm³/mol. The van der Waals surface area contributed by atoms with Crippen molar-refractivity contribution >= 4 is 28.2 Å². The van der Waals surface area contributed by atoms with Gasteiger partial charge in [-0.2, -0.15) is 5.10 Å². The second kappa shape index (κ2) is 7.01. The summed E-state index contributed by atoms with van der Waals surface area (Å²) >= 11 is 0. The van der Waals surface area contributed by atoms with Gasteiger partial charge in [-0.15, -0.1) is 0 Å². The summed E-state index contributed by atoms with van der Waals surface area (Å²) in [6.07, 6.45) is 5.40. The fourth-order valence-electron chi connectivity index (χ4n) is 4.68. The van der Waals surface area contributed by atoms with Gasteiger partial charge in [0.2, 0.25) is 0 Å². The standard InChI is InChI=1S/C23H22FN7/c1-15-9-22-30(6-2-7-31(22)28-15)18-10-16-13-29(8-5-20(16)25-12-18)23-19-11-17(24)3-4-21(19)26-14-27-23/h3-4,9-12,14H,2,5-8,13H2,1H3. The van der Waals surface area contributed by atoms with Crippen molar-refractivity contribution in [3.63, 3.8) is 0 Å². The first-order valence-electron chi connectivity index (χ1n) is 10.6.